The van der Waals surface area contributed by atoms with Gasteiger partial charge in [-0.15, -0.1) is 0 Å². The molecule has 0 saturated heterocycles. The molecule has 0 radical (unpaired) electrons. The van der Waals surface area contributed by atoms with Crippen LogP contribution in [0, 0.1) is 5.82 Å². The van der Waals surface area contributed by atoms with Crippen LogP contribution in [0.25, 0.3) is 0 Å². The van der Waals surface area contributed by atoms with Crippen LogP contribution in [-0.2, 0) is 6.42 Å². The number of hydrogen-bond acceptors (Lipinski definition) is 5. The van der Waals surface area contributed by atoms with E-state index in [1.165, 1.54) is 11.3 Å². The summed E-state index contributed by atoms with van der Waals surface area (Å²) in [7, 11) is 2.07. The predicted molar refractivity (Wildman–Crippen MR) is 73.1 cm³/mol. The van der Waals surface area contributed by atoms with E-state index in [4.69, 9.17) is 5.73 Å². The Kier molecular flexibility index (Phi) is 2.70. The van der Waals surface area contributed by atoms with Crippen molar-refractivity contribution in [3.05, 3.63) is 35.8 Å². The zero-order chi connectivity index (χ0) is 13.4. The van der Waals surface area contributed by atoms with Crippen molar-refractivity contribution in [2.75, 3.05) is 29.5 Å². The number of nitrogens with two attached hydrogens (primary N) is 1. The molecule has 1 aliphatic rings. The first-order chi connectivity index (χ1) is 9.13. The highest BCUT2D eigenvalue weighted by atomic mass is 19.1. The maximum absolute atomic E-state index is 13.0. The summed E-state index contributed by atoms with van der Waals surface area (Å²) in [4.78, 5) is 9.92. The zero-order valence-electron chi connectivity index (χ0n) is 10.5. The van der Waals surface area contributed by atoms with Crippen LogP contribution in [0.2, 0.25) is 0 Å². The molecule has 98 valence electrons. The molecule has 1 aliphatic heterocycles. The Bertz CT molecular complexity index is 628. The van der Waals surface area contributed by atoms with Crippen LogP contribution in [0.1, 0.15) is 5.56 Å². The first kappa shape index (κ1) is 11.7. The van der Waals surface area contributed by atoms with E-state index in [1.54, 1.807) is 0 Å². The van der Waals surface area contributed by atoms with Gasteiger partial charge in [0.2, 0.25) is 5.95 Å². The fourth-order valence-corrected chi connectivity index (χ4v) is 2.21. The lowest BCUT2D eigenvalue weighted by atomic mass is 10.1. The third kappa shape index (κ3) is 2.16. The van der Waals surface area contributed by atoms with E-state index in [2.05, 4.69) is 39.4 Å². The summed E-state index contributed by atoms with van der Waals surface area (Å²) in [6, 6.07) is 6.06. The van der Waals surface area contributed by atoms with Gasteiger partial charge >= 0.3 is 0 Å². The lowest BCUT2D eigenvalue weighted by Gasteiger charge is -2.12. The average Bonchev–Trinajstić information content (AvgIpc) is 2.75. The minimum absolute atomic E-state index is 0.154. The molecule has 3 rings (SSSR count). The third-order valence-electron chi connectivity index (χ3n) is 3.23. The minimum atomic E-state index is -0.610. The van der Waals surface area contributed by atoms with Crippen molar-refractivity contribution in [2.45, 2.75) is 6.42 Å². The lowest BCUT2D eigenvalue weighted by molar-refractivity contribution is 0.620. The van der Waals surface area contributed by atoms with Gasteiger partial charge in [-0.05, 0) is 30.2 Å². The van der Waals surface area contributed by atoms with Crippen molar-refractivity contribution in [3.8, 4) is 0 Å². The standard InChI is InChI=1S/C13H14FN5/c1-19-5-4-8-6-9(2-3-11(8)19)17-13-16-7-10(14)12(15)18-13/h2-3,6-7H,4-5H2,1H3,(H3,15,16,17,18). The summed E-state index contributed by atoms with van der Waals surface area (Å²) < 4.78 is 13.0. The van der Waals surface area contributed by atoms with Gasteiger partial charge in [-0.2, -0.15) is 4.98 Å². The molecule has 0 bridgehead atoms. The molecule has 2 heterocycles. The number of hydrogen-bond donors (Lipinski definition) is 2. The number of likely N-dealkylation sites (N-methyl/N-ethyl adjacent to an activating group) is 1. The topological polar surface area (TPSA) is 67.1 Å². The van der Waals surface area contributed by atoms with Crippen molar-refractivity contribution in [1.82, 2.24) is 9.97 Å². The third-order valence-corrected chi connectivity index (χ3v) is 3.23. The minimum Gasteiger partial charge on any atom is -0.381 e. The van der Waals surface area contributed by atoms with E-state index in [-0.39, 0.29) is 5.82 Å². The largest absolute Gasteiger partial charge is 0.381 e. The SMILES string of the molecule is CN1CCc2cc(Nc3ncc(F)c(N)n3)ccc21. The first-order valence-corrected chi connectivity index (χ1v) is 6.02. The van der Waals surface area contributed by atoms with Crippen molar-refractivity contribution in [2.24, 2.45) is 0 Å². The van der Waals surface area contributed by atoms with E-state index >= 15 is 0 Å². The van der Waals surface area contributed by atoms with Crippen LogP contribution >= 0.6 is 0 Å². The van der Waals surface area contributed by atoms with E-state index in [1.807, 2.05) is 6.07 Å². The number of rotatable bonds is 2. The number of nitrogens with zero attached hydrogens (tertiary/aromatic N) is 3. The first-order valence-electron chi connectivity index (χ1n) is 6.02. The van der Waals surface area contributed by atoms with Gasteiger partial charge in [0.1, 0.15) is 0 Å². The smallest absolute Gasteiger partial charge is 0.229 e. The van der Waals surface area contributed by atoms with Crippen LogP contribution < -0.4 is 16.0 Å². The summed E-state index contributed by atoms with van der Waals surface area (Å²) in [6.07, 6.45) is 2.08. The van der Waals surface area contributed by atoms with Gasteiger partial charge in [0, 0.05) is 25.0 Å². The Balaban J connectivity index is 1.86. The number of anilines is 4. The van der Waals surface area contributed by atoms with Crippen LogP contribution in [0.3, 0.4) is 0 Å². The summed E-state index contributed by atoms with van der Waals surface area (Å²) in [6.45, 7) is 1.03. The molecule has 2 aromatic rings. The molecule has 5 nitrogen and oxygen atoms in total. The summed E-state index contributed by atoms with van der Waals surface area (Å²) >= 11 is 0. The molecule has 0 fully saturated rings. The molecule has 0 spiro atoms. The Morgan fingerprint density at radius 1 is 1.42 bits per heavy atom. The molecule has 0 aliphatic carbocycles. The quantitative estimate of drug-likeness (QED) is 0.862. The van der Waals surface area contributed by atoms with Gasteiger partial charge < -0.3 is 16.0 Å². The summed E-state index contributed by atoms with van der Waals surface area (Å²) in [5.41, 5.74) is 8.81. The van der Waals surface area contributed by atoms with Gasteiger partial charge in [0.05, 0.1) is 6.20 Å². The summed E-state index contributed by atoms with van der Waals surface area (Å²) in [5, 5.41) is 3.03. The molecule has 3 N–H and O–H groups in total. The molecule has 19 heavy (non-hydrogen) atoms. The number of aromatic nitrogens is 2. The van der Waals surface area contributed by atoms with Crippen LogP contribution in [0.5, 0.6) is 0 Å². The number of nitrogens with one attached hydrogen (secondary N) is 1. The maximum atomic E-state index is 13.0. The van der Waals surface area contributed by atoms with Gasteiger partial charge in [-0.1, -0.05) is 0 Å². The number of nitrogen functional groups attached to an aromatic ring is 1. The van der Waals surface area contributed by atoms with Crippen LogP contribution in [0.15, 0.2) is 24.4 Å². The molecule has 1 aromatic carbocycles. The van der Waals surface area contributed by atoms with Crippen molar-refractivity contribution in [3.63, 3.8) is 0 Å². The van der Waals surface area contributed by atoms with E-state index < -0.39 is 5.82 Å². The summed E-state index contributed by atoms with van der Waals surface area (Å²) in [5.74, 6) is -0.468. The van der Waals surface area contributed by atoms with E-state index in [0.29, 0.717) is 5.95 Å². The van der Waals surface area contributed by atoms with E-state index in [9.17, 15) is 4.39 Å². The molecule has 1 aromatic heterocycles. The molecular weight excluding hydrogens is 245 g/mol. The molecule has 6 heteroatoms. The zero-order valence-corrected chi connectivity index (χ0v) is 10.5. The molecular formula is C13H14FN5. The van der Waals surface area contributed by atoms with E-state index in [0.717, 1.165) is 24.8 Å². The monoisotopic (exact) mass is 259 g/mol. The van der Waals surface area contributed by atoms with Gasteiger partial charge in [-0.3, -0.25) is 0 Å². The average molecular weight is 259 g/mol. The second kappa shape index (κ2) is 4.38. The van der Waals surface area contributed by atoms with Gasteiger partial charge in [0.25, 0.3) is 0 Å². The van der Waals surface area contributed by atoms with Crippen LogP contribution in [-0.4, -0.2) is 23.6 Å². The number of fused-ring (bicyclic) bond motifs is 1. The fraction of sp³-hybridized carbons (Fsp3) is 0.231. The highest BCUT2D eigenvalue weighted by molar-refractivity contribution is 5.66. The number of halogens is 1. The Morgan fingerprint density at radius 3 is 3.05 bits per heavy atom. The van der Waals surface area contributed by atoms with Gasteiger partial charge in [-0.25, -0.2) is 9.37 Å². The fourth-order valence-electron chi connectivity index (χ4n) is 2.21. The van der Waals surface area contributed by atoms with Crippen molar-refractivity contribution in [1.29, 1.82) is 0 Å². The second-order valence-corrected chi connectivity index (χ2v) is 4.57. The highest BCUT2D eigenvalue weighted by Crippen LogP contribution is 2.29. The molecule has 0 saturated carbocycles. The number of benzene rings is 1. The molecule has 0 amide bonds. The highest BCUT2D eigenvalue weighted by Gasteiger charge is 2.15. The van der Waals surface area contributed by atoms with Crippen molar-refractivity contribution >= 4 is 23.1 Å². The predicted octanol–water partition coefficient (Wildman–Crippen LogP) is 1.93. The Morgan fingerprint density at radius 2 is 2.26 bits per heavy atom. The molecule has 0 atom stereocenters. The molecule has 0 unspecified atom stereocenters. The second-order valence-electron chi connectivity index (χ2n) is 4.57. The van der Waals surface area contributed by atoms with Crippen molar-refractivity contribution < 1.29 is 4.39 Å². The lowest BCUT2D eigenvalue weighted by Crippen LogP contribution is -2.12. The Labute approximate surface area is 110 Å². The Hall–Kier alpha value is -2.37. The maximum Gasteiger partial charge on any atom is 0.229 e. The van der Waals surface area contributed by atoms with Gasteiger partial charge in [0.15, 0.2) is 11.6 Å². The van der Waals surface area contributed by atoms with Crippen LogP contribution in [0.4, 0.5) is 27.5 Å². The normalized spacial score (nSPS) is 13.5.